The second-order valence-electron chi connectivity index (χ2n) is 9.41. The largest absolute Gasteiger partial charge is 0.462 e. The van der Waals surface area contributed by atoms with E-state index in [2.05, 4.69) is 13.8 Å². The molecule has 4 nitrogen and oxygen atoms in total. The summed E-state index contributed by atoms with van der Waals surface area (Å²) in [5.41, 5.74) is 0.576. The van der Waals surface area contributed by atoms with Gasteiger partial charge >= 0.3 is 5.97 Å². The summed E-state index contributed by atoms with van der Waals surface area (Å²) in [6, 6.07) is 4.41. The zero-order valence-electron chi connectivity index (χ0n) is 20.9. The van der Waals surface area contributed by atoms with Gasteiger partial charge in [-0.15, -0.1) is 0 Å². The number of hydrogen-bond donors (Lipinski definition) is 0. The minimum Gasteiger partial charge on any atom is -0.462 e. The van der Waals surface area contributed by atoms with E-state index in [1.54, 1.807) is 12.1 Å². The summed E-state index contributed by atoms with van der Waals surface area (Å²) in [7, 11) is 0. The van der Waals surface area contributed by atoms with Crippen LogP contribution >= 0.6 is 0 Å². The monoisotopic (exact) mass is 464 g/mol. The summed E-state index contributed by atoms with van der Waals surface area (Å²) >= 11 is 0. The molecule has 1 heterocycles. The molecule has 0 atom stereocenters. The highest BCUT2D eigenvalue weighted by atomic mass is 19.1. The molecule has 1 aromatic rings. The van der Waals surface area contributed by atoms with E-state index in [9.17, 15) is 9.18 Å². The van der Waals surface area contributed by atoms with Crippen LogP contribution < -0.4 is 0 Å². The number of unbranched alkanes of at least 4 members (excludes halogenated alkanes) is 11. The molecule has 0 unspecified atom stereocenters. The predicted octanol–water partition coefficient (Wildman–Crippen LogP) is 8.15. The van der Waals surface area contributed by atoms with Crippen LogP contribution in [0.25, 0.3) is 0 Å². The lowest BCUT2D eigenvalue weighted by Crippen LogP contribution is -2.27. The van der Waals surface area contributed by atoms with Gasteiger partial charge in [-0.25, -0.2) is 9.18 Å². The molecule has 0 aliphatic carbocycles. The van der Waals surface area contributed by atoms with E-state index < -0.39 is 18.1 Å². The fourth-order valence-electron chi connectivity index (χ4n) is 4.26. The van der Waals surface area contributed by atoms with Crippen LogP contribution in [0, 0.1) is 11.7 Å². The average molecular weight is 465 g/mol. The molecule has 5 heteroatoms. The fourth-order valence-corrected chi connectivity index (χ4v) is 4.26. The number of carbonyl (C=O) groups excluding carboxylic acids is 1. The normalized spacial score (nSPS) is 18.4. The maximum Gasteiger partial charge on any atom is 0.338 e. The van der Waals surface area contributed by atoms with E-state index in [0.717, 1.165) is 19.3 Å². The molecule has 1 aromatic carbocycles. The predicted molar refractivity (Wildman–Crippen MR) is 131 cm³/mol. The Hall–Kier alpha value is -1.46. The van der Waals surface area contributed by atoms with Crippen molar-refractivity contribution < 1.29 is 23.4 Å². The van der Waals surface area contributed by atoms with Crippen molar-refractivity contribution in [3.8, 4) is 0 Å². The first-order chi connectivity index (χ1) is 16.2. The molecule has 0 spiro atoms. The van der Waals surface area contributed by atoms with Crippen LogP contribution in [0.4, 0.5) is 4.39 Å². The lowest BCUT2D eigenvalue weighted by atomic mass is 10.0. The maximum absolute atomic E-state index is 14.7. The molecule has 33 heavy (non-hydrogen) atoms. The Morgan fingerprint density at radius 3 is 2.06 bits per heavy atom. The number of rotatable bonds is 17. The molecule has 1 aliphatic heterocycles. The molecule has 188 valence electrons. The molecule has 1 saturated heterocycles. The van der Waals surface area contributed by atoms with Gasteiger partial charge in [-0.2, -0.15) is 0 Å². The number of esters is 1. The van der Waals surface area contributed by atoms with Gasteiger partial charge in [0.05, 0.1) is 25.4 Å². The van der Waals surface area contributed by atoms with Crippen LogP contribution in [0.2, 0.25) is 0 Å². The van der Waals surface area contributed by atoms with E-state index in [1.807, 2.05) is 0 Å². The van der Waals surface area contributed by atoms with Gasteiger partial charge in [-0.1, -0.05) is 97.0 Å². The van der Waals surface area contributed by atoms with Crippen LogP contribution in [-0.4, -0.2) is 25.8 Å². The molecule has 0 aromatic heterocycles. The minimum atomic E-state index is -0.705. The van der Waals surface area contributed by atoms with Crippen LogP contribution in [0.15, 0.2) is 18.2 Å². The zero-order chi connectivity index (χ0) is 23.7. The standard InChI is InChI=1S/C28H45FO4/c1-3-5-7-9-11-13-15-19-31-27(30)24-17-18-25(26(29)20-24)28-32-21-23(22-33-28)16-14-12-10-8-6-4-2/h17-18,20,23,28H,3-16,19,21-22H2,1-2H3. The molecular formula is C28H45FO4. The van der Waals surface area contributed by atoms with E-state index >= 15 is 0 Å². The Morgan fingerprint density at radius 1 is 0.879 bits per heavy atom. The van der Waals surface area contributed by atoms with Crippen LogP contribution in [0.5, 0.6) is 0 Å². The molecule has 1 fully saturated rings. The van der Waals surface area contributed by atoms with Crippen LogP contribution in [0.3, 0.4) is 0 Å². The third-order valence-corrected chi connectivity index (χ3v) is 6.40. The Morgan fingerprint density at radius 2 is 1.45 bits per heavy atom. The summed E-state index contributed by atoms with van der Waals surface area (Å²) in [5.74, 6) is -0.591. The molecule has 2 rings (SSSR count). The van der Waals surface area contributed by atoms with Crippen LogP contribution in [0.1, 0.15) is 126 Å². The van der Waals surface area contributed by atoms with Crippen molar-refractivity contribution in [3.05, 3.63) is 35.1 Å². The highest BCUT2D eigenvalue weighted by molar-refractivity contribution is 5.89. The summed E-state index contributed by atoms with van der Waals surface area (Å²) in [6.07, 6.45) is 16.1. The van der Waals surface area contributed by atoms with Crippen molar-refractivity contribution in [2.75, 3.05) is 19.8 Å². The minimum absolute atomic E-state index is 0.232. The first kappa shape index (κ1) is 27.8. The first-order valence-corrected chi connectivity index (χ1v) is 13.4. The maximum atomic E-state index is 14.7. The highest BCUT2D eigenvalue weighted by Gasteiger charge is 2.26. The molecule has 0 bridgehead atoms. The quantitative estimate of drug-likeness (QED) is 0.172. The second kappa shape index (κ2) is 17.0. The molecule has 0 saturated carbocycles. The van der Waals surface area contributed by atoms with Crippen molar-refractivity contribution in [2.45, 2.75) is 110 Å². The summed E-state index contributed by atoms with van der Waals surface area (Å²) in [4.78, 5) is 12.2. The molecule has 0 radical (unpaired) electrons. The van der Waals surface area contributed by atoms with E-state index in [0.29, 0.717) is 31.3 Å². The van der Waals surface area contributed by atoms with Gasteiger partial charge in [0.1, 0.15) is 5.82 Å². The number of carbonyl (C=O) groups is 1. The van der Waals surface area contributed by atoms with Crippen molar-refractivity contribution in [3.63, 3.8) is 0 Å². The van der Waals surface area contributed by atoms with Gasteiger partial charge in [0.15, 0.2) is 6.29 Å². The molecular weight excluding hydrogens is 419 g/mol. The van der Waals surface area contributed by atoms with Gasteiger partial charge in [0, 0.05) is 11.5 Å². The number of halogens is 1. The van der Waals surface area contributed by atoms with Crippen molar-refractivity contribution in [1.29, 1.82) is 0 Å². The lowest BCUT2D eigenvalue weighted by molar-refractivity contribution is -0.207. The summed E-state index contributed by atoms with van der Waals surface area (Å²) in [5, 5.41) is 0. The molecule has 0 N–H and O–H groups in total. The Bertz CT molecular complexity index is 655. The van der Waals surface area contributed by atoms with Crippen molar-refractivity contribution >= 4 is 5.97 Å². The molecule has 1 aliphatic rings. The fraction of sp³-hybridized carbons (Fsp3) is 0.750. The Labute approximate surface area is 200 Å². The topological polar surface area (TPSA) is 44.8 Å². The number of benzene rings is 1. The lowest BCUT2D eigenvalue weighted by Gasteiger charge is -2.30. The van der Waals surface area contributed by atoms with Crippen molar-refractivity contribution in [2.24, 2.45) is 5.92 Å². The summed E-state index contributed by atoms with van der Waals surface area (Å²) < 4.78 is 31.6. The van der Waals surface area contributed by atoms with E-state index in [4.69, 9.17) is 14.2 Å². The van der Waals surface area contributed by atoms with Gasteiger partial charge in [0.2, 0.25) is 0 Å². The van der Waals surface area contributed by atoms with Gasteiger partial charge < -0.3 is 14.2 Å². The Balaban J connectivity index is 1.65. The second-order valence-corrected chi connectivity index (χ2v) is 9.41. The van der Waals surface area contributed by atoms with E-state index in [-0.39, 0.29) is 5.56 Å². The van der Waals surface area contributed by atoms with Gasteiger partial charge in [-0.3, -0.25) is 0 Å². The molecule has 0 amide bonds. The summed E-state index contributed by atoms with van der Waals surface area (Å²) in [6.45, 7) is 5.98. The number of ether oxygens (including phenoxy) is 3. The van der Waals surface area contributed by atoms with Crippen LogP contribution in [-0.2, 0) is 14.2 Å². The van der Waals surface area contributed by atoms with Crippen molar-refractivity contribution in [1.82, 2.24) is 0 Å². The Kier molecular flexibility index (Phi) is 14.4. The number of hydrogen-bond acceptors (Lipinski definition) is 4. The third kappa shape index (κ3) is 11.0. The average Bonchev–Trinajstić information content (AvgIpc) is 2.83. The first-order valence-electron chi connectivity index (χ1n) is 13.4. The smallest absolute Gasteiger partial charge is 0.338 e. The third-order valence-electron chi connectivity index (χ3n) is 6.40. The SMILES string of the molecule is CCCCCCCCCOC(=O)c1ccc(C2OCC(CCCCCCCC)CO2)c(F)c1. The van der Waals surface area contributed by atoms with Gasteiger partial charge in [-0.05, 0) is 25.0 Å². The van der Waals surface area contributed by atoms with Gasteiger partial charge in [0.25, 0.3) is 0 Å². The highest BCUT2D eigenvalue weighted by Crippen LogP contribution is 2.29. The van der Waals surface area contributed by atoms with E-state index in [1.165, 1.54) is 76.7 Å². The zero-order valence-corrected chi connectivity index (χ0v) is 20.9.